The number of rotatable bonds is 7. The molecular weight excluding hydrogens is 240 g/mol. The lowest BCUT2D eigenvalue weighted by Gasteiger charge is -2.24. The fourth-order valence-electron chi connectivity index (χ4n) is 2.00. The van der Waals surface area contributed by atoms with Crippen LogP contribution in [0.2, 0.25) is 0 Å². The summed E-state index contributed by atoms with van der Waals surface area (Å²) in [4.78, 5) is 2.17. The third-order valence-corrected chi connectivity index (χ3v) is 4.89. The van der Waals surface area contributed by atoms with Crippen LogP contribution < -0.4 is 5.32 Å². The van der Waals surface area contributed by atoms with Gasteiger partial charge in [-0.2, -0.15) is 0 Å². The molecule has 1 aliphatic heterocycles. The minimum absolute atomic E-state index is 0.143. The fourth-order valence-corrected chi connectivity index (χ4v) is 3.67. The maximum Gasteiger partial charge on any atom is 0.151 e. The Morgan fingerprint density at radius 1 is 1.41 bits per heavy atom. The van der Waals surface area contributed by atoms with Crippen molar-refractivity contribution in [2.45, 2.75) is 18.9 Å². The van der Waals surface area contributed by atoms with Crippen LogP contribution in [0.25, 0.3) is 0 Å². The van der Waals surface area contributed by atoms with E-state index in [4.69, 9.17) is 4.74 Å². The predicted octanol–water partition coefficient (Wildman–Crippen LogP) is -0.269. The highest BCUT2D eigenvalue weighted by Gasteiger charge is 2.23. The van der Waals surface area contributed by atoms with Gasteiger partial charge in [0.25, 0.3) is 0 Å². The lowest BCUT2D eigenvalue weighted by Crippen LogP contribution is -2.43. The molecule has 0 saturated carbocycles. The van der Waals surface area contributed by atoms with E-state index in [0.29, 0.717) is 11.5 Å². The first kappa shape index (κ1) is 14.9. The summed E-state index contributed by atoms with van der Waals surface area (Å²) >= 11 is 0. The zero-order chi connectivity index (χ0) is 12.7. The van der Waals surface area contributed by atoms with E-state index < -0.39 is 9.84 Å². The number of hydrogen-bond acceptors (Lipinski definition) is 5. The number of hydrogen-bond donors (Lipinski definition) is 1. The molecule has 0 aromatic carbocycles. The summed E-state index contributed by atoms with van der Waals surface area (Å²) < 4.78 is 27.9. The van der Waals surface area contributed by atoms with Gasteiger partial charge in [0.15, 0.2) is 9.84 Å². The second kappa shape index (κ2) is 7.31. The van der Waals surface area contributed by atoms with Gasteiger partial charge in [-0.05, 0) is 19.9 Å². The first-order chi connectivity index (χ1) is 8.03. The third-order valence-electron chi connectivity index (χ3n) is 3.07. The minimum atomic E-state index is -2.79. The normalized spacial score (nSPS) is 24.1. The van der Waals surface area contributed by atoms with Crippen LogP contribution in [0.4, 0.5) is 0 Å². The monoisotopic (exact) mass is 264 g/mol. The minimum Gasteiger partial charge on any atom is -0.383 e. The summed E-state index contributed by atoms with van der Waals surface area (Å²) in [5.41, 5.74) is 0. The summed E-state index contributed by atoms with van der Waals surface area (Å²) in [6.07, 6.45) is 1.76. The Kier molecular flexibility index (Phi) is 6.40. The van der Waals surface area contributed by atoms with Crippen molar-refractivity contribution in [1.29, 1.82) is 0 Å². The molecule has 0 amide bonds. The van der Waals surface area contributed by atoms with Gasteiger partial charge in [-0.15, -0.1) is 0 Å². The Hall–Kier alpha value is -0.170. The van der Waals surface area contributed by atoms with Crippen LogP contribution in [-0.2, 0) is 14.6 Å². The van der Waals surface area contributed by atoms with Crippen molar-refractivity contribution < 1.29 is 13.2 Å². The first-order valence-corrected chi connectivity index (χ1v) is 7.97. The van der Waals surface area contributed by atoms with E-state index in [1.807, 2.05) is 7.05 Å². The molecule has 0 bridgehead atoms. The highest BCUT2D eigenvalue weighted by molar-refractivity contribution is 7.91. The average molecular weight is 264 g/mol. The molecule has 1 saturated heterocycles. The average Bonchev–Trinajstić information content (AvgIpc) is 2.25. The molecule has 17 heavy (non-hydrogen) atoms. The highest BCUT2D eigenvalue weighted by Crippen LogP contribution is 2.11. The molecule has 1 N–H and O–H groups in total. The second-order valence-corrected chi connectivity index (χ2v) is 6.93. The molecule has 0 aromatic rings. The van der Waals surface area contributed by atoms with E-state index in [-0.39, 0.29) is 6.04 Å². The number of likely N-dealkylation sites (N-methyl/N-ethyl adjacent to an activating group) is 1. The number of ether oxygens (including phenoxy) is 1. The van der Waals surface area contributed by atoms with Gasteiger partial charge in [-0.3, -0.25) is 0 Å². The van der Waals surface area contributed by atoms with E-state index in [1.54, 1.807) is 7.11 Å². The Morgan fingerprint density at radius 3 is 2.82 bits per heavy atom. The SMILES string of the molecule is COCCN(C)CCNC1CCCS(=O)(=O)C1. The highest BCUT2D eigenvalue weighted by atomic mass is 32.2. The molecule has 0 aromatic heterocycles. The molecule has 6 heteroatoms. The van der Waals surface area contributed by atoms with Crippen molar-refractivity contribution in [2.24, 2.45) is 0 Å². The first-order valence-electron chi connectivity index (χ1n) is 6.15. The van der Waals surface area contributed by atoms with Gasteiger partial charge in [0.2, 0.25) is 0 Å². The van der Waals surface area contributed by atoms with Crippen molar-refractivity contribution in [1.82, 2.24) is 10.2 Å². The van der Waals surface area contributed by atoms with Crippen LogP contribution in [-0.4, -0.2) is 71.3 Å². The standard InChI is InChI=1S/C11H24N2O3S/c1-13(7-8-16-2)6-5-12-11-4-3-9-17(14,15)10-11/h11-12H,3-10H2,1-2H3. The molecule has 102 valence electrons. The summed E-state index contributed by atoms with van der Waals surface area (Å²) in [5, 5.41) is 3.32. The molecular formula is C11H24N2O3S. The molecule has 0 radical (unpaired) electrons. The maximum absolute atomic E-state index is 11.4. The molecule has 5 nitrogen and oxygen atoms in total. The van der Waals surface area contributed by atoms with Crippen LogP contribution >= 0.6 is 0 Å². The Labute approximate surface area is 104 Å². The van der Waals surface area contributed by atoms with E-state index in [2.05, 4.69) is 10.2 Å². The van der Waals surface area contributed by atoms with Gasteiger partial charge < -0.3 is 15.0 Å². The maximum atomic E-state index is 11.4. The smallest absolute Gasteiger partial charge is 0.151 e. The van der Waals surface area contributed by atoms with E-state index in [1.165, 1.54) is 0 Å². The van der Waals surface area contributed by atoms with Crippen LogP contribution in [0, 0.1) is 0 Å². The van der Waals surface area contributed by atoms with Crippen LogP contribution in [0.15, 0.2) is 0 Å². The Morgan fingerprint density at radius 2 is 2.18 bits per heavy atom. The molecule has 1 unspecified atom stereocenters. The van der Waals surface area contributed by atoms with Crippen LogP contribution in [0.5, 0.6) is 0 Å². The van der Waals surface area contributed by atoms with Crippen LogP contribution in [0.1, 0.15) is 12.8 Å². The topological polar surface area (TPSA) is 58.6 Å². The molecule has 1 fully saturated rings. The van der Waals surface area contributed by atoms with Gasteiger partial charge in [0, 0.05) is 32.8 Å². The fraction of sp³-hybridized carbons (Fsp3) is 1.00. The quantitative estimate of drug-likeness (QED) is 0.686. The summed E-state index contributed by atoms with van der Waals surface area (Å²) in [6.45, 7) is 3.38. The second-order valence-electron chi connectivity index (χ2n) is 4.70. The van der Waals surface area contributed by atoms with Gasteiger partial charge in [0.05, 0.1) is 18.1 Å². The van der Waals surface area contributed by atoms with Crippen molar-refractivity contribution in [3.8, 4) is 0 Å². The Balaban J connectivity index is 2.14. The van der Waals surface area contributed by atoms with Gasteiger partial charge >= 0.3 is 0 Å². The Bertz CT molecular complexity index is 306. The number of nitrogens with one attached hydrogen (secondary N) is 1. The zero-order valence-electron chi connectivity index (χ0n) is 10.8. The van der Waals surface area contributed by atoms with Crippen molar-refractivity contribution in [2.75, 3.05) is 51.9 Å². The van der Waals surface area contributed by atoms with Crippen LogP contribution in [0.3, 0.4) is 0 Å². The number of methoxy groups -OCH3 is 1. The molecule has 1 heterocycles. The predicted molar refractivity (Wildman–Crippen MR) is 69.1 cm³/mol. The van der Waals surface area contributed by atoms with E-state index in [0.717, 1.165) is 39.1 Å². The van der Waals surface area contributed by atoms with E-state index in [9.17, 15) is 8.42 Å². The zero-order valence-corrected chi connectivity index (χ0v) is 11.6. The molecule has 0 aliphatic carbocycles. The number of sulfone groups is 1. The van der Waals surface area contributed by atoms with Gasteiger partial charge in [-0.1, -0.05) is 0 Å². The molecule has 1 atom stereocenters. The molecule has 0 spiro atoms. The lowest BCUT2D eigenvalue weighted by atomic mass is 10.2. The largest absolute Gasteiger partial charge is 0.383 e. The molecule has 1 aliphatic rings. The third kappa shape index (κ3) is 6.35. The van der Waals surface area contributed by atoms with Gasteiger partial charge in [0.1, 0.15) is 0 Å². The van der Waals surface area contributed by atoms with Crippen molar-refractivity contribution in [3.05, 3.63) is 0 Å². The lowest BCUT2D eigenvalue weighted by molar-refractivity contribution is 0.161. The van der Waals surface area contributed by atoms with Crippen molar-refractivity contribution in [3.63, 3.8) is 0 Å². The van der Waals surface area contributed by atoms with Crippen molar-refractivity contribution >= 4 is 9.84 Å². The number of nitrogens with zero attached hydrogens (tertiary/aromatic N) is 1. The summed E-state index contributed by atoms with van der Waals surface area (Å²) in [5.74, 6) is 0.660. The van der Waals surface area contributed by atoms with Gasteiger partial charge in [-0.25, -0.2) is 8.42 Å². The van der Waals surface area contributed by atoms with E-state index >= 15 is 0 Å². The summed E-state index contributed by atoms with van der Waals surface area (Å²) in [7, 11) is 0.941. The molecule has 1 rings (SSSR count). The summed E-state index contributed by atoms with van der Waals surface area (Å²) in [6, 6.07) is 0.143.